The van der Waals surface area contributed by atoms with Gasteiger partial charge in [0, 0.05) is 53.2 Å². The van der Waals surface area contributed by atoms with Crippen molar-refractivity contribution in [3.63, 3.8) is 0 Å². The van der Waals surface area contributed by atoms with Gasteiger partial charge in [0.25, 0.3) is 0 Å². The zero-order chi connectivity index (χ0) is 38.0. The molecule has 268 valence electrons. The van der Waals surface area contributed by atoms with Gasteiger partial charge in [0.15, 0.2) is 11.4 Å². The molecular weight excluding hydrogens is 715 g/mol. The van der Waals surface area contributed by atoms with Crippen LogP contribution in [0.4, 0.5) is 0 Å². The molecule has 0 aliphatic rings. The van der Waals surface area contributed by atoms with Crippen LogP contribution in [0, 0.1) is 0 Å². The van der Waals surface area contributed by atoms with E-state index in [1.165, 1.54) is 42.1 Å². The van der Waals surface area contributed by atoms with Crippen LogP contribution >= 0.6 is 11.3 Å². The van der Waals surface area contributed by atoms with Crippen molar-refractivity contribution < 1.29 is 4.42 Å². The molecule has 0 atom stereocenters. The number of benzene rings is 7. The highest BCUT2D eigenvalue weighted by atomic mass is 32.1. The number of rotatable bonds is 7. The van der Waals surface area contributed by atoms with Crippen molar-refractivity contribution in [2.45, 2.75) is 0 Å². The summed E-state index contributed by atoms with van der Waals surface area (Å²) in [4.78, 5) is 10.2. The number of allylic oxidation sites excluding steroid dienone is 4. The Balaban J connectivity index is 1.04. The zero-order valence-electron chi connectivity index (χ0n) is 30.8. The third-order valence-corrected chi connectivity index (χ3v) is 12.1. The van der Waals surface area contributed by atoms with E-state index >= 15 is 0 Å². The SMILES string of the molecule is C=C/C=C(\C=C)n1c2ccccc2c2cc(-c3ccc4sc5ccc(-c6ccc7oc8c(-c9ccccc9)nc(-c9ccccc9)nc8c7c6)cc5c4c3)ccc21. The number of fused-ring (bicyclic) bond motifs is 9. The average molecular weight is 748 g/mol. The van der Waals surface area contributed by atoms with Gasteiger partial charge in [-0.2, -0.15) is 0 Å². The number of thiophene rings is 1. The Hall–Kier alpha value is -7.34. The highest BCUT2D eigenvalue weighted by Crippen LogP contribution is 2.42. The Labute approximate surface area is 332 Å². The van der Waals surface area contributed by atoms with E-state index in [-0.39, 0.29) is 0 Å². The maximum absolute atomic E-state index is 6.53. The molecule has 5 heteroatoms. The molecule has 7 aromatic carbocycles. The van der Waals surface area contributed by atoms with Gasteiger partial charge in [-0.25, -0.2) is 9.97 Å². The van der Waals surface area contributed by atoms with Crippen LogP contribution in [0.1, 0.15) is 0 Å². The van der Waals surface area contributed by atoms with Gasteiger partial charge in [0.2, 0.25) is 0 Å². The Morgan fingerprint density at radius 1 is 0.526 bits per heavy atom. The number of nitrogens with zero attached hydrogens (tertiary/aromatic N) is 3. The molecule has 0 aliphatic carbocycles. The molecule has 4 heterocycles. The standard InChI is InChI=1S/C52H33N3OS/c1-3-13-38(4-2)55-44-19-12-11-18-39(44)40-28-34(20-24-45(40)55)36-22-26-47-41(29-36)42-30-37(23-27-48(42)57-47)35-21-25-46-43(31-35)50-51(56-46)49(32-14-7-5-8-15-32)53-52(54-50)33-16-9-6-10-17-33/h3-31H,1-2H2/b38-13+. The van der Waals surface area contributed by atoms with Gasteiger partial charge in [-0.1, -0.05) is 122 Å². The first kappa shape index (κ1) is 33.0. The lowest BCUT2D eigenvalue weighted by Crippen LogP contribution is -1.93. The van der Waals surface area contributed by atoms with Gasteiger partial charge in [-0.15, -0.1) is 11.3 Å². The fraction of sp³-hybridized carbons (Fsp3) is 0. The van der Waals surface area contributed by atoms with E-state index < -0.39 is 0 Å². The van der Waals surface area contributed by atoms with Crippen molar-refractivity contribution in [3.05, 3.63) is 189 Å². The van der Waals surface area contributed by atoms with Gasteiger partial charge < -0.3 is 8.98 Å². The molecule has 0 unspecified atom stereocenters. The molecule has 0 N–H and O–H groups in total. The molecule has 57 heavy (non-hydrogen) atoms. The molecule has 0 aliphatic heterocycles. The van der Waals surface area contributed by atoms with Gasteiger partial charge in [-0.3, -0.25) is 0 Å². The minimum Gasteiger partial charge on any atom is -0.452 e. The molecule has 0 fully saturated rings. The summed E-state index contributed by atoms with van der Waals surface area (Å²) in [5.41, 5.74) is 12.9. The van der Waals surface area contributed by atoms with E-state index in [9.17, 15) is 0 Å². The summed E-state index contributed by atoms with van der Waals surface area (Å²) in [6.07, 6.45) is 5.70. The largest absolute Gasteiger partial charge is 0.452 e. The van der Waals surface area contributed by atoms with Gasteiger partial charge >= 0.3 is 0 Å². The van der Waals surface area contributed by atoms with Gasteiger partial charge in [0.1, 0.15) is 16.8 Å². The molecule has 0 saturated heterocycles. The van der Waals surface area contributed by atoms with Crippen molar-refractivity contribution >= 4 is 81.1 Å². The molecule has 4 aromatic heterocycles. The van der Waals surface area contributed by atoms with E-state index in [4.69, 9.17) is 14.4 Å². The minimum atomic E-state index is 0.674. The summed E-state index contributed by atoms with van der Waals surface area (Å²) < 4.78 is 11.3. The molecule has 11 aromatic rings. The average Bonchev–Trinajstić information content (AvgIpc) is 3.94. The topological polar surface area (TPSA) is 43.9 Å². The normalized spacial score (nSPS) is 12.1. The molecule has 0 spiro atoms. The van der Waals surface area contributed by atoms with Crippen LogP contribution in [0.25, 0.3) is 115 Å². The van der Waals surface area contributed by atoms with E-state index in [1.807, 2.05) is 78.1 Å². The van der Waals surface area contributed by atoms with E-state index in [1.54, 1.807) is 0 Å². The van der Waals surface area contributed by atoms with Crippen LogP contribution in [-0.2, 0) is 0 Å². The lowest BCUT2D eigenvalue weighted by molar-refractivity contribution is 0.667. The summed E-state index contributed by atoms with van der Waals surface area (Å²) in [6.45, 7) is 8.03. The third-order valence-electron chi connectivity index (χ3n) is 11.0. The van der Waals surface area contributed by atoms with Crippen molar-refractivity contribution in [1.29, 1.82) is 0 Å². The predicted octanol–water partition coefficient (Wildman–Crippen LogP) is 14.7. The van der Waals surface area contributed by atoms with Gasteiger partial charge in [0.05, 0.1) is 11.0 Å². The maximum atomic E-state index is 6.53. The Morgan fingerprint density at radius 2 is 1.11 bits per heavy atom. The molecule has 0 bridgehead atoms. The Morgan fingerprint density at radius 3 is 1.79 bits per heavy atom. The van der Waals surface area contributed by atoms with Crippen LogP contribution in [0.3, 0.4) is 0 Å². The second-order valence-corrected chi connectivity index (χ2v) is 15.3. The smallest absolute Gasteiger partial charge is 0.180 e. The predicted molar refractivity (Wildman–Crippen MR) is 242 cm³/mol. The van der Waals surface area contributed by atoms with Crippen LogP contribution in [-0.4, -0.2) is 14.5 Å². The Kier molecular flexibility index (Phi) is 7.62. The molecule has 11 rings (SSSR count). The first-order valence-electron chi connectivity index (χ1n) is 19.0. The minimum absolute atomic E-state index is 0.674. The van der Waals surface area contributed by atoms with E-state index in [2.05, 4.69) is 127 Å². The highest BCUT2D eigenvalue weighted by molar-refractivity contribution is 7.25. The number of para-hydroxylation sites is 1. The summed E-state index contributed by atoms with van der Waals surface area (Å²) in [7, 11) is 0. The molecule has 4 nitrogen and oxygen atoms in total. The first-order valence-corrected chi connectivity index (χ1v) is 19.8. The quantitative estimate of drug-likeness (QED) is 0.153. The fourth-order valence-corrected chi connectivity index (χ4v) is 9.32. The van der Waals surface area contributed by atoms with Crippen molar-refractivity contribution in [3.8, 4) is 44.9 Å². The van der Waals surface area contributed by atoms with E-state index in [0.29, 0.717) is 11.4 Å². The molecule has 0 amide bonds. The maximum Gasteiger partial charge on any atom is 0.180 e. The highest BCUT2D eigenvalue weighted by Gasteiger charge is 2.19. The lowest BCUT2D eigenvalue weighted by atomic mass is 9.98. The second kappa shape index (κ2) is 13.2. The third kappa shape index (κ3) is 5.35. The molecular formula is C52H33N3OS. The summed E-state index contributed by atoms with van der Waals surface area (Å²) in [5, 5.41) is 5.88. The zero-order valence-corrected chi connectivity index (χ0v) is 31.6. The van der Waals surface area contributed by atoms with Crippen LogP contribution < -0.4 is 0 Å². The van der Waals surface area contributed by atoms with Crippen LogP contribution in [0.5, 0.6) is 0 Å². The fourth-order valence-electron chi connectivity index (χ4n) is 8.25. The van der Waals surface area contributed by atoms with Gasteiger partial charge in [-0.05, 0) is 89.0 Å². The van der Waals surface area contributed by atoms with Crippen LogP contribution in [0.2, 0.25) is 0 Å². The summed E-state index contributed by atoms with van der Waals surface area (Å²) >= 11 is 1.83. The monoisotopic (exact) mass is 747 g/mol. The number of furan rings is 1. The summed E-state index contributed by atoms with van der Waals surface area (Å²) in [5.74, 6) is 0.674. The lowest BCUT2D eigenvalue weighted by Gasteiger charge is -2.09. The van der Waals surface area contributed by atoms with Crippen molar-refractivity contribution in [2.24, 2.45) is 0 Å². The molecule has 0 radical (unpaired) electrons. The number of hydrogen-bond donors (Lipinski definition) is 0. The first-order chi connectivity index (χ1) is 28.1. The van der Waals surface area contributed by atoms with Crippen molar-refractivity contribution in [2.75, 3.05) is 0 Å². The second-order valence-electron chi connectivity index (χ2n) is 14.3. The summed E-state index contributed by atoms with van der Waals surface area (Å²) in [6, 6.07) is 55.8. The van der Waals surface area contributed by atoms with Crippen LogP contribution in [0.15, 0.2) is 194 Å². The number of aromatic nitrogens is 3. The Bertz CT molecular complexity index is 3440. The molecule has 0 saturated carbocycles. The van der Waals surface area contributed by atoms with Crippen molar-refractivity contribution in [1.82, 2.24) is 14.5 Å². The number of hydrogen-bond acceptors (Lipinski definition) is 4. The van der Waals surface area contributed by atoms with E-state index in [0.717, 1.165) is 61.2 Å².